The van der Waals surface area contributed by atoms with E-state index in [-0.39, 0.29) is 29.1 Å². The summed E-state index contributed by atoms with van der Waals surface area (Å²) in [6, 6.07) is 58.8. The number of carbonyl (C=O) groups is 2. The third-order valence-electron chi connectivity index (χ3n) is 11.6. The number of aliphatic carboxylic acids is 2. The van der Waals surface area contributed by atoms with Crippen LogP contribution in [0.25, 0.3) is 0 Å². The number of carboxylic acids is 2. The van der Waals surface area contributed by atoms with E-state index >= 15 is 0 Å². The molecule has 2 aliphatic rings. The van der Waals surface area contributed by atoms with Crippen LogP contribution in [-0.4, -0.2) is 22.2 Å². The molecule has 9 rings (SSSR count). The summed E-state index contributed by atoms with van der Waals surface area (Å²) < 4.78 is 0. The van der Waals surface area contributed by atoms with Gasteiger partial charge < -0.3 is 17.6 Å². The van der Waals surface area contributed by atoms with Gasteiger partial charge in [-0.3, -0.25) is 9.59 Å². The molecular formula is C54H52O4Ti. The number of hydrogen-bond donors (Lipinski definition) is 2. The molecule has 2 aliphatic carbocycles. The Morgan fingerprint density at radius 3 is 0.780 bits per heavy atom. The Balaban J connectivity index is 0.000000170. The van der Waals surface area contributed by atoms with Gasteiger partial charge >= 0.3 is 33.7 Å². The second kappa shape index (κ2) is 20.8. The first-order valence-electron chi connectivity index (χ1n) is 20.1. The summed E-state index contributed by atoms with van der Waals surface area (Å²) in [4.78, 5) is 24.8. The van der Waals surface area contributed by atoms with Crippen LogP contribution in [0.5, 0.6) is 0 Å². The van der Waals surface area contributed by atoms with Crippen molar-refractivity contribution >= 4 is 11.9 Å². The number of hydrogen-bond acceptors (Lipinski definition) is 2. The van der Waals surface area contributed by atoms with Gasteiger partial charge in [0.25, 0.3) is 0 Å². The maximum absolute atomic E-state index is 12.4. The van der Waals surface area contributed by atoms with Crippen molar-refractivity contribution in [2.75, 3.05) is 0 Å². The normalized spacial score (nSPS) is 12.9. The van der Waals surface area contributed by atoms with E-state index in [4.69, 9.17) is 0 Å². The van der Waals surface area contributed by atoms with Gasteiger partial charge in [-0.25, -0.2) is 0 Å². The number of carboxylic acid groups (broad SMARTS) is 2. The number of aryl methyl sites for hydroxylation is 2. The SMILES string of the molecule is O=C(O)C(c1ccccc1)(c1ccccc1)c1ccccc1.O=C(O)C(c1ccccc1)(c1ccccc1)c1ccccc1.[CH3-].[Ti+2].[cH-]1c2c(c3c1CCCC3)CCCC2. The van der Waals surface area contributed by atoms with Crippen LogP contribution >= 0.6 is 0 Å². The van der Waals surface area contributed by atoms with E-state index in [1.165, 1.54) is 51.4 Å². The maximum atomic E-state index is 12.4. The summed E-state index contributed by atoms with van der Waals surface area (Å²) >= 11 is 0. The van der Waals surface area contributed by atoms with Crippen molar-refractivity contribution in [2.45, 2.75) is 62.2 Å². The van der Waals surface area contributed by atoms with Crippen LogP contribution in [0.15, 0.2) is 188 Å². The molecule has 0 heterocycles. The van der Waals surface area contributed by atoms with Gasteiger partial charge in [0.1, 0.15) is 10.8 Å². The van der Waals surface area contributed by atoms with Crippen molar-refractivity contribution in [1.29, 1.82) is 0 Å². The van der Waals surface area contributed by atoms with Gasteiger partial charge in [0.05, 0.1) is 0 Å². The number of fused-ring (bicyclic) bond motifs is 3. The molecule has 0 fully saturated rings. The molecule has 0 amide bonds. The molecule has 0 aromatic heterocycles. The van der Waals surface area contributed by atoms with Crippen molar-refractivity contribution < 1.29 is 41.5 Å². The van der Waals surface area contributed by atoms with Gasteiger partial charge in [0.2, 0.25) is 0 Å². The van der Waals surface area contributed by atoms with Crippen LogP contribution in [0.4, 0.5) is 0 Å². The molecule has 0 radical (unpaired) electrons. The molecule has 0 spiro atoms. The van der Waals surface area contributed by atoms with Crippen molar-refractivity contribution in [1.82, 2.24) is 0 Å². The predicted molar refractivity (Wildman–Crippen MR) is 235 cm³/mol. The summed E-state index contributed by atoms with van der Waals surface area (Å²) in [5.41, 5.74) is 9.03. The van der Waals surface area contributed by atoms with E-state index in [1.54, 1.807) is 22.3 Å². The smallest absolute Gasteiger partial charge is 0.480 e. The Morgan fingerprint density at radius 1 is 0.373 bits per heavy atom. The Morgan fingerprint density at radius 2 is 0.576 bits per heavy atom. The predicted octanol–water partition coefficient (Wildman–Crippen LogP) is 11.8. The largest absolute Gasteiger partial charge is 2.00 e. The zero-order chi connectivity index (χ0) is 39.5. The first-order chi connectivity index (χ1) is 28.0. The van der Waals surface area contributed by atoms with E-state index in [0.717, 1.165) is 33.4 Å². The third kappa shape index (κ3) is 9.15. The molecule has 296 valence electrons. The fourth-order valence-electron chi connectivity index (χ4n) is 8.95. The number of benzene rings is 6. The van der Waals surface area contributed by atoms with Crippen LogP contribution in [0, 0.1) is 7.43 Å². The Bertz CT molecular complexity index is 1980. The minimum absolute atomic E-state index is 0. The van der Waals surface area contributed by atoms with Crippen LogP contribution in [0.2, 0.25) is 0 Å². The van der Waals surface area contributed by atoms with Gasteiger partial charge in [0, 0.05) is 0 Å². The fourth-order valence-corrected chi connectivity index (χ4v) is 8.95. The van der Waals surface area contributed by atoms with E-state index in [9.17, 15) is 19.8 Å². The van der Waals surface area contributed by atoms with Crippen molar-refractivity contribution in [3.8, 4) is 0 Å². The topological polar surface area (TPSA) is 74.6 Å². The summed E-state index contributed by atoms with van der Waals surface area (Å²) in [6.07, 6.45) is 11.2. The van der Waals surface area contributed by atoms with Gasteiger partial charge in [-0.1, -0.05) is 233 Å². The summed E-state index contributed by atoms with van der Waals surface area (Å²) in [6.45, 7) is 0. The first-order valence-corrected chi connectivity index (χ1v) is 20.1. The van der Waals surface area contributed by atoms with E-state index in [1.807, 2.05) is 182 Å². The molecule has 2 N–H and O–H groups in total. The monoisotopic (exact) mass is 812 g/mol. The van der Waals surface area contributed by atoms with E-state index in [2.05, 4.69) is 6.07 Å². The van der Waals surface area contributed by atoms with Crippen molar-refractivity contribution in [3.63, 3.8) is 0 Å². The van der Waals surface area contributed by atoms with Crippen LogP contribution in [0.1, 0.15) is 81.3 Å². The zero-order valence-corrected chi connectivity index (χ0v) is 35.3. The van der Waals surface area contributed by atoms with Gasteiger partial charge in [-0.2, -0.15) is 28.3 Å². The molecule has 0 unspecified atom stereocenters. The molecule has 0 saturated carbocycles. The molecule has 7 aromatic rings. The molecule has 0 aliphatic heterocycles. The second-order valence-electron chi connectivity index (χ2n) is 14.9. The van der Waals surface area contributed by atoms with Crippen LogP contribution < -0.4 is 0 Å². The Labute approximate surface area is 364 Å². The molecule has 7 aromatic carbocycles. The van der Waals surface area contributed by atoms with Crippen LogP contribution in [0.3, 0.4) is 0 Å². The molecule has 0 bridgehead atoms. The van der Waals surface area contributed by atoms with Gasteiger partial charge in [-0.05, 0) is 33.4 Å². The zero-order valence-electron chi connectivity index (χ0n) is 33.8. The summed E-state index contributed by atoms with van der Waals surface area (Å²) in [5, 5.41) is 20.4. The minimum atomic E-state index is -1.20. The average molecular weight is 813 g/mol. The van der Waals surface area contributed by atoms with Gasteiger partial charge in [0.15, 0.2) is 0 Å². The first kappa shape index (κ1) is 44.4. The third-order valence-corrected chi connectivity index (χ3v) is 11.6. The molecular weight excluding hydrogens is 760 g/mol. The van der Waals surface area contributed by atoms with Crippen molar-refractivity contribution in [2.24, 2.45) is 0 Å². The van der Waals surface area contributed by atoms with Crippen molar-refractivity contribution in [3.05, 3.63) is 251 Å². The van der Waals surface area contributed by atoms with E-state index < -0.39 is 22.8 Å². The minimum Gasteiger partial charge on any atom is -0.480 e. The quantitative estimate of drug-likeness (QED) is 0.0910. The standard InChI is InChI=1S/2C20H16O2.C13H17.CH3.Ti/c2*21-19(22)20(16-10-4-1-5-11-16,17-12-6-2-7-13-17)18-14-8-3-9-15-18;1-3-7-12-10(5-1)9-11-6-2-4-8-13(11)12;;/h2*1-15H,(H,21,22);9H,1-8H2;1H3;/q;;2*-1;+2. The second-order valence-corrected chi connectivity index (χ2v) is 14.9. The molecule has 5 heteroatoms. The van der Waals surface area contributed by atoms with E-state index in [0.29, 0.717) is 0 Å². The number of rotatable bonds is 8. The molecule has 0 atom stereocenters. The Kier molecular flexibility index (Phi) is 15.7. The summed E-state index contributed by atoms with van der Waals surface area (Å²) in [7, 11) is 0. The van der Waals surface area contributed by atoms with Crippen LogP contribution in [-0.2, 0) is 67.8 Å². The van der Waals surface area contributed by atoms with Gasteiger partial charge in [-0.15, -0.1) is 0 Å². The molecule has 4 nitrogen and oxygen atoms in total. The summed E-state index contributed by atoms with van der Waals surface area (Å²) in [5.74, 6) is -1.76. The fraction of sp³-hybridized carbons (Fsp3) is 0.185. The molecule has 0 saturated heterocycles. The average Bonchev–Trinajstić information content (AvgIpc) is 3.66. The molecule has 59 heavy (non-hydrogen) atoms. The maximum Gasteiger partial charge on any atom is 2.00 e. The Hall–Kier alpha value is -5.68.